The van der Waals surface area contributed by atoms with E-state index in [2.05, 4.69) is 27.8 Å². The molecule has 3 rings (SSSR count). The third kappa shape index (κ3) is 2.96. The summed E-state index contributed by atoms with van der Waals surface area (Å²) in [6.45, 7) is 4.66. The van der Waals surface area contributed by atoms with Crippen LogP contribution in [0.1, 0.15) is 30.1 Å². The molecule has 0 saturated carbocycles. The van der Waals surface area contributed by atoms with Crippen molar-refractivity contribution in [1.29, 1.82) is 0 Å². The van der Waals surface area contributed by atoms with Gasteiger partial charge in [0.2, 0.25) is 0 Å². The molecule has 1 amide bonds. The molecule has 130 valence electrons. The number of ether oxygens (including phenoxy) is 1. The Bertz CT molecular complexity index is 643. The standard InChI is InChI=1S/C17H21BrN2O4/c1-2-19-9-7-17(8-10-19)20(14(11-24-17)16(22)23)15(21)12-5-3-4-6-13(12)18/h3-6,14H,2,7-11H2,1H3,(H,22,23). The topological polar surface area (TPSA) is 70.1 Å². The zero-order valence-corrected chi connectivity index (χ0v) is 15.2. The summed E-state index contributed by atoms with van der Waals surface area (Å²) in [5.41, 5.74) is -0.354. The van der Waals surface area contributed by atoms with Crippen LogP contribution in [-0.2, 0) is 9.53 Å². The number of nitrogens with zero attached hydrogens (tertiary/aromatic N) is 2. The third-order valence-corrected chi connectivity index (χ3v) is 5.64. The normalized spacial score (nSPS) is 23.6. The van der Waals surface area contributed by atoms with Crippen LogP contribution in [0.25, 0.3) is 0 Å². The van der Waals surface area contributed by atoms with Gasteiger partial charge in [-0.2, -0.15) is 0 Å². The van der Waals surface area contributed by atoms with Gasteiger partial charge in [0.1, 0.15) is 5.72 Å². The molecular weight excluding hydrogens is 376 g/mol. The van der Waals surface area contributed by atoms with Gasteiger partial charge in [0, 0.05) is 30.4 Å². The number of carboxylic acid groups (broad SMARTS) is 1. The highest BCUT2D eigenvalue weighted by Crippen LogP contribution is 2.39. The van der Waals surface area contributed by atoms with E-state index in [1.165, 1.54) is 4.90 Å². The van der Waals surface area contributed by atoms with Crippen molar-refractivity contribution in [3.63, 3.8) is 0 Å². The molecule has 2 heterocycles. The Hall–Kier alpha value is -1.44. The molecule has 1 atom stereocenters. The average Bonchev–Trinajstić information content (AvgIpc) is 2.94. The van der Waals surface area contributed by atoms with Gasteiger partial charge in [-0.05, 0) is 34.6 Å². The van der Waals surface area contributed by atoms with Crippen LogP contribution in [0.4, 0.5) is 0 Å². The summed E-state index contributed by atoms with van der Waals surface area (Å²) in [6.07, 6.45) is 1.25. The summed E-state index contributed by atoms with van der Waals surface area (Å²) in [7, 11) is 0. The Labute approximate surface area is 149 Å². The number of benzene rings is 1. The van der Waals surface area contributed by atoms with E-state index < -0.39 is 17.7 Å². The molecule has 1 N–H and O–H groups in total. The van der Waals surface area contributed by atoms with Gasteiger partial charge in [-0.25, -0.2) is 4.79 Å². The second kappa shape index (κ2) is 6.82. The predicted molar refractivity (Wildman–Crippen MR) is 91.8 cm³/mol. The zero-order valence-electron chi connectivity index (χ0n) is 13.6. The van der Waals surface area contributed by atoms with Crippen molar-refractivity contribution in [2.75, 3.05) is 26.2 Å². The number of aliphatic carboxylic acids is 1. The number of rotatable bonds is 3. The van der Waals surface area contributed by atoms with E-state index in [0.29, 0.717) is 22.9 Å². The molecule has 7 heteroatoms. The van der Waals surface area contributed by atoms with Crippen LogP contribution in [0, 0.1) is 0 Å². The highest BCUT2D eigenvalue weighted by atomic mass is 79.9. The summed E-state index contributed by atoms with van der Waals surface area (Å²) >= 11 is 3.39. The molecule has 1 unspecified atom stereocenters. The lowest BCUT2D eigenvalue weighted by atomic mass is 9.97. The Morgan fingerprint density at radius 1 is 1.33 bits per heavy atom. The summed E-state index contributed by atoms with van der Waals surface area (Å²) in [5, 5.41) is 9.56. The Kier molecular flexibility index (Phi) is 4.94. The van der Waals surface area contributed by atoms with Crippen molar-refractivity contribution in [3.8, 4) is 0 Å². The first-order valence-electron chi connectivity index (χ1n) is 8.16. The van der Waals surface area contributed by atoms with Gasteiger partial charge in [-0.15, -0.1) is 0 Å². The summed E-state index contributed by atoms with van der Waals surface area (Å²) < 4.78 is 6.59. The van der Waals surface area contributed by atoms with E-state index in [-0.39, 0.29) is 12.5 Å². The van der Waals surface area contributed by atoms with Gasteiger partial charge in [-0.1, -0.05) is 19.1 Å². The van der Waals surface area contributed by atoms with E-state index in [1.54, 1.807) is 18.2 Å². The molecule has 6 nitrogen and oxygen atoms in total. The molecular formula is C17H21BrN2O4. The minimum atomic E-state index is -1.02. The molecule has 2 aliphatic heterocycles. The quantitative estimate of drug-likeness (QED) is 0.847. The van der Waals surface area contributed by atoms with Crippen LogP contribution < -0.4 is 0 Å². The van der Waals surface area contributed by atoms with Crippen LogP contribution in [0.3, 0.4) is 0 Å². The van der Waals surface area contributed by atoms with Gasteiger partial charge in [-0.3, -0.25) is 9.69 Å². The summed E-state index contributed by atoms with van der Waals surface area (Å²) in [5.74, 6) is -1.32. The van der Waals surface area contributed by atoms with E-state index >= 15 is 0 Å². The van der Waals surface area contributed by atoms with Crippen molar-refractivity contribution < 1.29 is 19.4 Å². The van der Waals surface area contributed by atoms with E-state index in [0.717, 1.165) is 19.6 Å². The number of halogens is 1. The minimum absolute atomic E-state index is 0.0393. The molecule has 1 aromatic rings. The molecule has 24 heavy (non-hydrogen) atoms. The molecule has 1 aromatic carbocycles. The number of carboxylic acids is 1. The van der Waals surface area contributed by atoms with E-state index in [4.69, 9.17) is 4.74 Å². The van der Waals surface area contributed by atoms with Gasteiger partial charge < -0.3 is 14.7 Å². The smallest absolute Gasteiger partial charge is 0.328 e. The lowest BCUT2D eigenvalue weighted by Crippen LogP contribution is -2.58. The highest BCUT2D eigenvalue weighted by molar-refractivity contribution is 9.10. The number of hydrogen-bond donors (Lipinski definition) is 1. The largest absolute Gasteiger partial charge is 0.480 e. The first-order chi connectivity index (χ1) is 11.5. The first-order valence-corrected chi connectivity index (χ1v) is 8.95. The molecule has 0 bridgehead atoms. The van der Waals surface area contributed by atoms with Crippen LogP contribution in [0.15, 0.2) is 28.7 Å². The fourth-order valence-electron chi connectivity index (χ4n) is 3.54. The van der Waals surface area contributed by atoms with Gasteiger partial charge in [0.25, 0.3) is 5.91 Å². The minimum Gasteiger partial charge on any atom is -0.480 e. The van der Waals surface area contributed by atoms with Crippen LogP contribution in [0.5, 0.6) is 0 Å². The molecule has 2 saturated heterocycles. The van der Waals surface area contributed by atoms with E-state index in [9.17, 15) is 14.7 Å². The SMILES string of the molecule is CCN1CCC2(CC1)OCC(C(=O)O)N2C(=O)c1ccccc1Br. The maximum Gasteiger partial charge on any atom is 0.328 e. The molecule has 0 aliphatic carbocycles. The second-order valence-corrected chi connectivity index (χ2v) is 7.05. The molecule has 0 radical (unpaired) electrons. The molecule has 1 spiro atoms. The van der Waals surface area contributed by atoms with Crippen molar-refractivity contribution in [2.24, 2.45) is 0 Å². The van der Waals surface area contributed by atoms with E-state index in [1.807, 2.05) is 6.07 Å². The monoisotopic (exact) mass is 396 g/mol. The summed E-state index contributed by atoms with van der Waals surface area (Å²) in [6, 6.07) is 6.14. The van der Waals surface area contributed by atoms with Crippen LogP contribution in [-0.4, -0.2) is 64.8 Å². The molecule has 0 aromatic heterocycles. The van der Waals surface area contributed by atoms with Crippen molar-refractivity contribution in [2.45, 2.75) is 31.5 Å². The highest BCUT2D eigenvalue weighted by Gasteiger charge is 2.54. The van der Waals surface area contributed by atoms with Crippen LogP contribution >= 0.6 is 15.9 Å². The number of likely N-dealkylation sites (tertiary alicyclic amines) is 1. The average molecular weight is 397 g/mol. The lowest BCUT2D eigenvalue weighted by molar-refractivity contribution is -0.143. The molecule has 2 aliphatic rings. The Balaban J connectivity index is 1.94. The van der Waals surface area contributed by atoms with Crippen molar-refractivity contribution >= 4 is 27.8 Å². The maximum atomic E-state index is 13.1. The van der Waals surface area contributed by atoms with Crippen molar-refractivity contribution in [1.82, 2.24) is 9.80 Å². The zero-order chi connectivity index (χ0) is 17.3. The number of carbonyl (C=O) groups excluding carboxylic acids is 1. The lowest BCUT2D eigenvalue weighted by Gasteiger charge is -2.44. The predicted octanol–water partition coefficient (Wildman–Crippen LogP) is 2.19. The Morgan fingerprint density at radius 3 is 2.58 bits per heavy atom. The van der Waals surface area contributed by atoms with Gasteiger partial charge in [0.05, 0.1) is 12.2 Å². The van der Waals surface area contributed by atoms with Crippen LogP contribution in [0.2, 0.25) is 0 Å². The second-order valence-electron chi connectivity index (χ2n) is 6.20. The fourth-order valence-corrected chi connectivity index (χ4v) is 3.99. The number of amides is 1. The summed E-state index contributed by atoms with van der Waals surface area (Å²) in [4.78, 5) is 28.6. The Morgan fingerprint density at radius 2 is 2.00 bits per heavy atom. The fraction of sp³-hybridized carbons (Fsp3) is 0.529. The molecule has 2 fully saturated rings. The van der Waals surface area contributed by atoms with Crippen molar-refractivity contribution in [3.05, 3.63) is 34.3 Å². The maximum absolute atomic E-state index is 13.1. The number of hydrogen-bond acceptors (Lipinski definition) is 4. The van der Waals surface area contributed by atoms with Gasteiger partial charge >= 0.3 is 5.97 Å². The number of carbonyl (C=O) groups is 2. The van der Waals surface area contributed by atoms with Gasteiger partial charge in [0.15, 0.2) is 6.04 Å². The third-order valence-electron chi connectivity index (χ3n) is 4.95. The number of piperidine rings is 1. The first kappa shape index (κ1) is 17.4.